The Hall–Kier alpha value is -1.69. The van der Waals surface area contributed by atoms with Crippen LogP contribution in [-0.2, 0) is 9.53 Å². The van der Waals surface area contributed by atoms with Crippen molar-refractivity contribution in [3.8, 4) is 0 Å². The smallest absolute Gasteiger partial charge is 0.225 e. The number of nitrogens with zero attached hydrogens (tertiary/aromatic N) is 3. The Kier molecular flexibility index (Phi) is 4.09. The van der Waals surface area contributed by atoms with Gasteiger partial charge in [-0.1, -0.05) is 0 Å². The molecule has 0 spiro atoms. The van der Waals surface area contributed by atoms with Crippen LogP contribution in [0.25, 0.3) is 0 Å². The van der Waals surface area contributed by atoms with Crippen LogP contribution in [0, 0.1) is 0 Å². The van der Waals surface area contributed by atoms with E-state index in [2.05, 4.69) is 9.97 Å². The number of ether oxygens (including phenoxy) is 1. The van der Waals surface area contributed by atoms with E-state index in [4.69, 9.17) is 10.5 Å². The van der Waals surface area contributed by atoms with Crippen molar-refractivity contribution in [2.45, 2.75) is 25.3 Å². The quantitative estimate of drug-likeness (QED) is 0.853. The molecule has 0 aromatic carbocycles. The van der Waals surface area contributed by atoms with Crippen molar-refractivity contribution in [3.63, 3.8) is 0 Å². The zero-order valence-electron chi connectivity index (χ0n) is 10.5. The zero-order valence-corrected chi connectivity index (χ0v) is 10.5. The van der Waals surface area contributed by atoms with Gasteiger partial charge in [-0.25, -0.2) is 9.97 Å². The molecular weight excluding hydrogens is 232 g/mol. The molecule has 1 aromatic heterocycles. The average Bonchev–Trinajstić information content (AvgIpc) is 2.85. The number of methoxy groups -OCH3 is 1. The molecule has 6 heteroatoms. The zero-order chi connectivity index (χ0) is 13.0. The molecule has 6 nitrogen and oxygen atoms in total. The Labute approximate surface area is 106 Å². The minimum Gasteiger partial charge on any atom is -0.384 e. The summed E-state index contributed by atoms with van der Waals surface area (Å²) >= 11 is 0. The molecule has 1 amide bonds. The van der Waals surface area contributed by atoms with Crippen LogP contribution in [0.2, 0.25) is 0 Å². The molecule has 2 N–H and O–H groups in total. The third kappa shape index (κ3) is 2.76. The van der Waals surface area contributed by atoms with Crippen molar-refractivity contribution in [1.82, 2.24) is 14.9 Å². The van der Waals surface area contributed by atoms with Crippen molar-refractivity contribution in [2.24, 2.45) is 0 Å². The number of carbonyl (C=O) groups excluding carboxylic acids is 1. The molecule has 0 radical (unpaired) electrons. The minimum atomic E-state index is 0.0275. The lowest BCUT2D eigenvalue weighted by Crippen LogP contribution is -2.31. The largest absolute Gasteiger partial charge is 0.384 e. The second kappa shape index (κ2) is 5.77. The standard InChI is InChI=1S/C12H18N4O2/c1-18-8-5-11(17)16-7-2-3-10(16)9-4-6-14-12(13)15-9/h4,6,10H,2-3,5,7-8H2,1H3,(H2,13,14,15). The first-order valence-corrected chi connectivity index (χ1v) is 6.09. The predicted octanol–water partition coefficient (Wildman–Crippen LogP) is 0.759. The molecule has 0 saturated carbocycles. The van der Waals surface area contributed by atoms with Crippen LogP contribution in [0.3, 0.4) is 0 Å². The lowest BCUT2D eigenvalue weighted by atomic mass is 10.1. The Morgan fingerprint density at radius 1 is 1.67 bits per heavy atom. The van der Waals surface area contributed by atoms with Gasteiger partial charge in [0.25, 0.3) is 0 Å². The van der Waals surface area contributed by atoms with Crippen LogP contribution in [0.1, 0.15) is 31.0 Å². The number of amides is 1. The third-order valence-electron chi connectivity index (χ3n) is 3.13. The van der Waals surface area contributed by atoms with E-state index in [9.17, 15) is 4.79 Å². The molecule has 1 aliphatic heterocycles. The lowest BCUT2D eigenvalue weighted by molar-refractivity contribution is -0.133. The number of anilines is 1. The summed E-state index contributed by atoms with van der Waals surface area (Å²) < 4.78 is 4.94. The van der Waals surface area contributed by atoms with E-state index >= 15 is 0 Å². The number of carbonyl (C=O) groups is 1. The highest BCUT2D eigenvalue weighted by atomic mass is 16.5. The Balaban J connectivity index is 2.10. The summed E-state index contributed by atoms with van der Waals surface area (Å²) in [6, 6.07) is 1.85. The average molecular weight is 250 g/mol. The topological polar surface area (TPSA) is 81.3 Å². The second-order valence-electron chi connectivity index (χ2n) is 4.33. The molecule has 1 fully saturated rings. The van der Waals surface area contributed by atoms with Gasteiger partial charge in [-0.3, -0.25) is 4.79 Å². The molecule has 18 heavy (non-hydrogen) atoms. The molecule has 0 aliphatic carbocycles. The van der Waals surface area contributed by atoms with Crippen molar-refractivity contribution >= 4 is 11.9 Å². The highest BCUT2D eigenvalue weighted by Gasteiger charge is 2.30. The van der Waals surface area contributed by atoms with E-state index in [1.807, 2.05) is 11.0 Å². The normalized spacial score (nSPS) is 19.2. The van der Waals surface area contributed by atoms with Crippen LogP contribution < -0.4 is 5.73 Å². The fraction of sp³-hybridized carbons (Fsp3) is 0.583. The van der Waals surface area contributed by atoms with E-state index in [-0.39, 0.29) is 17.9 Å². The van der Waals surface area contributed by atoms with Gasteiger partial charge >= 0.3 is 0 Å². The second-order valence-corrected chi connectivity index (χ2v) is 4.33. The highest BCUT2D eigenvalue weighted by Crippen LogP contribution is 2.31. The summed E-state index contributed by atoms with van der Waals surface area (Å²) in [7, 11) is 1.60. The first kappa shape index (κ1) is 12.8. The Bertz CT molecular complexity index is 424. The van der Waals surface area contributed by atoms with Crippen molar-refractivity contribution in [1.29, 1.82) is 0 Å². The molecule has 98 valence electrons. The maximum absolute atomic E-state index is 12.0. The maximum Gasteiger partial charge on any atom is 0.225 e. The summed E-state index contributed by atoms with van der Waals surface area (Å²) in [5, 5.41) is 0. The monoisotopic (exact) mass is 250 g/mol. The van der Waals surface area contributed by atoms with E-state index in [1.165, 1.54) is 0 Å². The maximum atomic E-state index is 12.0. The number of aromatic nitrogens is 2. The van der Waals surface area contributed by atoms with E-state index in [0.29, 0.717) is 13.0 Å². The van der Waals surface area contributed by atoms with Crippen molar-refractivity contribution in [2.75, 3.05) is 26.0 Å². The number of nitrogens with two attached hydrogens (primary N) is 1. The first-order chi connectivity index (χ1) is 8.72. The van der Waals surface area contributed by atoms with Gasteiger partial charge in [0, 0.05) is 19.9 Å². The van der Waals surface area contributed by atoms with Gasteiger partial charge in [-0.2, -0.15) is 0 Å². The molecule has 2 heterocycles. The number of hydrogen-bond donors (Lipinski definition) is 1. The molecule has 1 atom stereocenters. The molecule has 1 aliphatic rings. The highest BCUT2D eigenvalue weighted by molar-refractivity contribution is 5.77. The van der Waals surface area contributed by atoms with Crippen LogP contribution in [0.15, 0.2) is 12.3 Å². The van der Waals surface area contributed by atoms with E-state index in [1.54, 1.807) is 13.3 Å². The van der Waals surface area contributed by atoms with Gasteiger partial charge in [0.15, 0.2) is 0 Å². The Morgan fingerprint density at radius 3 is 3.22 bits per heavy atom. The molecule has 1 unspecified atom stereocenters. The van der Waals surface area contributed by atoms with E-state index < -0.39 is 0 Å². The molecule has 2 rings (SSSR count). The number of nitrogen functional groups attached to an aromatic ring is 1. The number of likely N-dealkylation sites (tertiary alicyclic amines) is 1. The van der Waals surface area contributed by atoms with Gasteiger partial charge in [-0.05, 0) is 18.9 Å². The van der Waals surface area contributed by atoms with Crippen molar-refractivity contribution in [3.05, 3.63) is 18.0 Å². The summed E-state index contributed by atoms with van der Waals surface area (Å²) in [6.45, 7) is 1.23. The molecule has 0 bridgehead atoms. The molecule has 1 aromatic rings. The number of rotatable bonds is 4. The predicted molar refractivity (Wildman–Crippen MR) is 66.6 cm³/mol. The van der Waals surface area contributed by atoms with Crippen LogP contribution in [0.5, 0.6) is 0 Å². The van der Waals surface area contributed by atoms with Gasteiger partial charge in [0.1, 0.15) is 0 Å². The SMILES string of the molecule is COCCC(=O)N1CCCC1c1ccnc(N)n1. The Morgan fingerprint density at radius 2 is 2.50 bits per heavy atom. The van der Waals surface area contributed by atoms with Crippen LogP contribution >= 0.6 is 0 Å². The molecule has 1 saturated heterocycles. The van der Waals surface area contributed by atoms with Crippen LogP contribution in [0.4, 0.5) is 5.95 Å². The van der Waals surface area contributed by atoms with Crippen molar-refractivity contribution < 1.29 is 9.53 Å². The third-order valence-corrected chi connectivity index (χ3v) is 3.13. The minimum absolute atomic E-state index is 0.0275. The van der Waals surface area contributed by atoms with Gasteiger partial charge < -0.3 is 15.4 Å². The summed E-state index contributed by atoms with van der Waals surface area (Å²) in [5.41, 5.74) is 6.41. The molecular formula is C12H18N4O2. The summed E-state index contributed by atoms with van der Waals surface area (Å²) in [6.07, 6.45) is 3.96. The fourth-order valence-electron chi connectivity index (χ4n) is 2.28. The van der Waals surface area contributed by atoms with Gasteiger partial charge in [0.2, 0.25) is 11.9 Å². The lowest BCUT2D eigenvalue weighted by Gasteiger charge is -2.24. The first-order valence-electron chi connectivity index (χ1n) is 6.09. The van der Waals surface area contributed by atoms with Gasteiger partial charge in [0.05, 0.1) is 24.8 Å². The van der Waals surface area contributed by atoms with Gasteiger partial charge in [-0.15, -0.1) is 0 Å². The van der Waals surface area contributed by atoms with Crippen LogP contribution in [-0.4, -0.2) is 41.0 Å². The van der Waals surface area contributed by atoms with E-state index in [0.717, 1.165) is 25.1 Å². The summed E-state index contributed by atoms with van der Waals surface area (Å²) in [5.74, 6) is 0.361. The summed E-state index contributed by atoms with van der Waals surface area (Å²) in [4.78, 5) is 22.0. The fourth-order valence-corrected chi connectivity index (χ4v) is 2.28. The number of hydrogen-bond acceptors (Lipinski definition) is 5.